The molecule has 0 spiro atoms. The predicted octanol–water partition coefficient (Wildman–Crippen LogP) is 3.52. The van der Waals surface area contributed by atoms with Gasteiger partial charge in [-0.3, -0.25) is 9.97 Å². The van der Waals surface area contributed by atoms with Gasteiger partial charge in [0.15, 0.2) is 0 Å². The highest BCUT2D eigenvalue weighted by atomic mass is 14.9. The Labute approximate surface area is 125 Å². The van der Waals surface area contributed by atoms with Gasteiger partial charge in [0.05, 0.1) is 5.52 Å². The maximum absolute atomic E-state index is 4.44. The van der Waals surface area contributed by atoms with E-state index in [2.05, 4.69) is 51.7 Å². The highest BCUT2D eigenvalue weighted by molar-refractivity contribution is 5.78. The van der Waals surface area contributed by atoms with Crippen LogP contribution < -0.4 is 5.32 Å². The van der Waals surface area contributed by atoms with Crippen molar-refractivity contribution in [1.29, 1.82) is 0 Å². The summed E-state index contributed by atoms with van der Waals surface area (Å²) < 4.78 is 0. The fourth-order valence-electron chi connectivity index (χ4n) is 2.64. The Hall–Kier alpha value is -2.26. The molecule has 2 heterocycles. The van der Waals surface area contributed by atoms with Gasteiger partial charge < -0.3 is 5.32 Å². The largest absolute Gasteiger partial charge is 0.313 e. The second kappa shape index (κ2) is 6.46. The van der Waals surface area contributed by atoms with Crippen molar-refractivity contribution in [1.82, 2.24) is 15.3 Å². The van der Waals surface area contributed by atoms with Crippen LogP contribution in [0.1, 0.15) is 23.6 Å². The Morgan fingerprint density at radius 1 is 1.05 bits per heavy atom. The van der Waals surface area contributed by atoms with Crippen LogP contribution in [0.15, 0.2) is 61.1 Å². The first-order valence-electron chi connectivity index (χ1n) is 7.27. The van der Waals surface area contributed by atoms with Crippen molar-refractivity contribution in [3.8, 4) is 0 Å². The fourth-order valence-corrected chi connectivity index (χ4v) is 2.64. The third-order valence-corrected chi connectivity index (χ3v) is 3.85. The number of rotatable bonds is 5. The van der Waals surface area contributed by atoms with Crippen molar-refractivity contribution in [2.75, 3.05) is 7.05 Å². The first-order valence-corrected chi connectivity index (χ1v) is 7.27. The number of aromatic nitrogens is 2. The van der Waals surface area contributed by atoms with Crippen LogP contribution in [0.3, 0.4) is 0 Å². The first-order chi connectivity index (χ1) is 10.4. The molecule has 0 fully saturated rings. The van der Waals surface area contributed by atoms with Crippen LogP contribution in [0.5, 0.6) is 0 Å². The Balaban J connectivity index is 1.78. The zero-order chi connectivity index (χ0) is 14.5. The fraction of sp³-hybridized carbons (Fsp3) is 0.222. The molecule has 0 radical (unpaired) electrons. The molecule has 3 rings (SSSR count). The van der Waals surface area contributed by atoms with Gasteiger partial charge in [0, 0.05) is 30.0 Å². The lowest BCUT2D eigenvalue weighted by atomic mass is 9.98. The van der Waals surface area contributed by atoms with Crippen molar-refractivity contribution in [3.63, 3.8) is 0 Å². The third-order valence-electron chi connectivity index (χ3n) is 3.85. The molecule has 0 aliphatic rings. The average molecular weight is 277 g/mol. The summed E-state index contributed by atoms with van der Waals surface area (Å²) in [5, 5.41) is 4.60. The Bertz CT molecular complexity index is 710. The summed E-state index contributed by atoms with van der Waals surface area (Å²) in [5.74, 6) is 0. The van der Waals surface area contributed by atoms with Crippen LogP contribution in [0.4, 0.5) is 0 Å². The minimum absolute atomic E-state index is 0.338. The topological polar surface area (TPSA) is 37.8 Å². The summed E-state index contributed by atoms with van der Waals surface area (Å²) in [7, 11) is 2.01. The van der Waals surface area contributed by atoms with Gasteiger partial charge in [0.2, 0.25) is 0 Å². The number of pyridine rings is 2. The molecule has 1 aromatic carbocycles. The molecule has 0 aliphatic carbocycles. The molecule has 2 aromatic heterocycles. The number of aryl methyl sites for hydroxylation is 1. The minimum atomic E-state index is 0.338. The van der Waals surface area contributed by atoms with E-state index in [9.17, 15) is 0 Å². The molecule has 0 amide bonds. The molecule has 1 N–H and O–H groups in total. The summed E-state index contributed by atoms with van der Waals surface area (Å²) in [6, 6.07) is 15.1. The van der Waals surface area contributed by atoms with Crippen molar-refractivity contribution in [2.24, 2.45) is 0 Å². The number of hydrogen-bond acceptors (Lipinski definition) is 3. The van der Waals surface area contributed by atoms with Crippen molar-refractivity contribution < 1.29 is 0 Å². The predicted molar refractivity (Wildman–Crippen MR) is 86.1 cm³/mol. The molecule has 1 atom stereocenters. The normalized spacial score (nSPS) is 12.4. The lowest BCUT2D eigenvalue weighted by Gasteiger charge is -2.17. The van der Waals surface area contributed by atoms with Crippen molar-refractivity contribution in [2.45, 2.75) is 18.9 Å². The van der Waals surface area contributed by atoms with E-state index < -0.39 is 0 Å². The highest BCUT2D eigenvalue weighted by Crippen LogP contribution is 2.22. The molecular formula is C18H19N3. The molecule has 1 unspecified atom stereocenters. The standard InChI is InChI=1S/C18H19N3/c1-19-17(7-4-14-8-11-20-12-9-14)16-6-5-15-3-2-10-21-18(15)13-16/h2-3,5-6,8-13,17,19H,4,7H2,1H3. The summed E-state index contributed by atoms with van der Waals surface area (Å²) in [6.07, 6.45) is 7.64. The van der Waals surface area contributed by atoms with Gasteiger partial charge in [-0.2, -0.15) is 0 Å². The van der Waals surface area contributed by atoms with Crippen molar-refractivity contribution in [3.05, 3.63) is 72.2 Å². The molecule has 106 valence electrons. The molecule has 0 saturated heterocycles. The second-order valence-electron chi connectivity index (χ2n) is 5.19. The summed E-state index contributed by atoms with van der Waals surface area (Å²) in [6.45, 7) is 0. The van der Waals surface area contributed by atoms with E-state index in [1.807, 2.05) is 31.7 Å². The summed E-state index contributed by atoms with van der Waals surface area (Å²) >= 11 is 0. The van der Waals surface area contributed by atoms with Crippen LogP contribution >= 0.6 is 0 Å². The Morgan fingerprint density at radius 2 is 1.90 bits per heavy atom. The average Bonchev–Trinajstić information content (AvgIpc) is 2.56. The quantitative estimate of drug-likeness (QED) is 0.775. The second-order valence-corrected chi connectivity index (χ2v) is 5.19. The molecule has 21 heavy (non-hydrogen) atoms. The Kier molecular flexibility index (Phi) is 4.22. The van der Waals surface area contributed by atoms with Gasteiger partial charge in [0.1, 0.15) is 0 Å². The van der Waals surface area contributed by atoms with E-state index in [1.54, 1.807) is 0 Å². The Morgan fingerprint density at radius 3 is 2.71 bits per heavy atom. The van der Waals surface area contributed by atoms with Gasteiger partial charge in [-0.15, -0.1) is 0 Å². The van der Waals surface area contributed by atoms with E-state index in [4.69, 9.17) is 0 Å². The van der Waals surface area contributed by atoms with E-state index in [0.717, 1.165) is 18.4 Å². The number of fused-ring (bicyclic) bond motifs is 1. The SMILES string of the molecule is CNC(CCc1ccncc1)c1ccc2cccnc2c1. The number of hydrogen-bond donors (Lipinski definition) is 1. The van der Waals surface area contributed by atoms with Gasteiger partial charge >= 0.3 is 0 Å². The van der Waals surface area contributed by atoms with Gasteiger partial charge in [-0.1, -0.05) is 18.2 Å². The molecule has 3 aromatic rings. The lowest BCUT2D eigenvalue weighted by molar-refractivity contribution is 0.549. The minimum Gasteiger partial charge on any atom is -0.313 e. The first kappa shape index (κ1) is 13.7. The van der Waals surface area contributed by atoms with E-state index >= 15 is 0 Å². The molecule has 0 saturated carbocycles. The summed E-state index contributed by atoms with van der Waals surface area (Å²) in [5.41, 5.74) is 3.67. The van der Waals surface area contributed by atoms with Crippen LogP contribution in [-0.2, 0) is 6.42 Å². The van der Waals surface area contributed by atoms with Crippen LogP contribution in [0.25, 0.3) is 10.9 Å². The number of nitrogens with zero attached hydrogens (tertiary/aromatic N) is 2. The zero-order valence-electron chi connectivity index (χ0n) is 12.2. The number of benzene rings is 1. The van der Waals surface area contributed by atoms with E-state index in [0.29, 0.717) is 6.04 Å². The maximum atomic E-state index is 4.44. The molecule has 0 bridgehead atoms. The van der Waals surface area contributed by atoms with Crippen LogP contribution in [-0.4, -0.2) is 17.0 Å². The highest BCUT2D eigenvalue weighted by Gasteiger charge is 2.10. The van der Waals surface area contributed by atoms with Crippen LogP contribution in [0.2, 0.25) is 0 Å². The monoisotopic (exact) mass is 277 g/mol. The molecule has 0 aliphatic heterocycles. The lowest BCUT2D eigenvalue weighted by Crippen LogP contribution is -2.17. The van der Waals surface area contributed by atoms with Gasteiger partial charge in [-0.05, 0) is 55.3 Å². The smallest absolute Gasteiger partial charge is 0.0705 e. The van der Waals surface area contributed by atoms with E-state index in [-0.39, 0.29) is 0 Å². The molecule has 3 nitrogen and oxygen atoms in total. The van der Waals surface area contributed by atoms with E-state index in [1.165, 1.54) is 16.5 Å². The van der Waals surface area contributed by atoms with Gasteiger partial charge in [-0.25, -0.2) is 0 Å². The van der Waals surface area contributed by atoms with Crippen LogP contribution in [0, 0.1) is 0 Å². The third kappa shape index (κ3) is 3.26. The number of nitrogens with one attached hydrogen (secondary N) is 1. The van der Waals surface area contributed by atoms with Crippen molar-refractivity contribution >= 4 is 10.9 Å². The van der Waals surface area contributed by atoms with Gasteiger partial charge in [0.25, 0.3) is 0 Å². The molecule has 3 heteroatoms. The zero-order valence-corrected chi connectivity index (χ0v) is 12.2. The maximum Gasteiger partial charge on any atom is 0.0705 e. The summed E-state index contributed by atoms with van der Waals surface area (Å²) in [4.78, 5) is 8.50. The molecular weight excluding hydrogens is 258 g/mol.